The molecular formula is C15H14N2O3. The number of non-ortho nitro benzene ring substituents is 1. The van der Waals surface area contributed by atoms with E-state index >= 15 is 0 Å². The number of nitrogens with one attached hydrogen (secondary N) is 1. The number of hydrogen-bond donors (Lipinski definition) is 1. The van der Waals surface area contributed by atoms with Crippen LogP contribution in [0.3, 0.4) is 0 Å². The van der Waals surface area contributed by atoms with E-state index in [1.807, 2.05) is 31.2 Å². The summed E-state index contributed by atoms with van der Waals surface area (Å²) < 4.78 is 0. The Bertz CT molecular complexity index is 636. The molecule has 0 fully saturated rings. The lowest BCUT2D eigenvalue weighted by Crippen LogP contribution is -2.14. The number of nitro groups is 1. The van der Waals surface area contributed by atoms with E-state index in [1.165, 1.54) is 24.3 Å². The topological polar surface area (TPSA) is 72.2 Å². The lowest BCUT2D eigenvalue weighted by molar-refractivity contribution is -0.384. The van der Waals surface area contributed by atoms with Crippen LogP contribution >= 0.6 is 0 Å². The number of nitrogens with zero attached hydrogens (tertiary/aromatic N) is 1. The third-order valence-corrected chi connectivity index (χ3v) is 2.97. The molecule has 2 aromatic rings. The third kappa shape index (κ3) is 3.41. The van der Waals surface area contributed by atoms with Crippen LogP contribution in [0.2, 0.25) is 0 Å². The summed E-state index contributed by atoms with van der Waals surface area (Å²) in [5.74, 6) is -0.145. The van der Waals surface area contributed by atoms with E-state index in [1.54, 1.807) is 0 Å². The average Bonchev–Trinajstić information content (AvgIpc) is 2.42. The van der Waals surface area contributed by atoms with Gasteiger partial charge in [0.1, 0.15) is 0 Å². The maximum Gasteiger partial charge on any atom is 0.269 e. The Labute approximate surface area is 116 Å². The molecule has 5 nitrogen and oxygen atoms in total. The van der Waals surface area contributed by atoms with Gasteiger partial charge >= 0.3 is 0 Å². The summed E-state index contributed by atoms with van der Waals surface area (Å²) in [6.07, 6.45) is 0.281. The molecule has 102 valence electrons. The van der Waals surface area contributed by atoms with Crippen LogP contribution in [0.15, 0.2) is 48.5 Å². The molecule has 20 heavy (non-hydrogen) atoms. The molecule has 0 radical (unpaired) electrons. The van der Waals surface area contributed by atoms with Gasteiger partial charge in [-0.05, 0) is 30.2 Å². The van der Waals surface area contributed by atoms with Crippen LogP contribution in [0.25, 0.3) is 0 Å². The largest absolute Gasteiger partial charge is 0.326 e. The third-order valence-electron chi connectivity index (χ3n) is 2.97. The minimum Gasteiger partial charge on any atom is -0.326 e. The second kappa shape index (κ2) is 5.97. The maximum absolute atomic E-state index is 11.9. The molecule has 0 aliphatic carbocycles. The Balaban J connectivity index is 2.01. The molecule has 0 aliphatic heterocycles. The first-order chi connectivity index (χ1) is 9.56. The fraction of sp³-hybridized carbons (Fsp3) is 0.133. The van der Waals surface area contributed by atoms with Crippen molar-refractivity contribution in [1.29, 1.82) is 0 Å². The number of benzene rings is 2. The maximum atomic E-state index is 11.9. The Morgan fingerprint density at radius 3 is 2.40 bits per heavy atom. The van der Waals surface area contributed by atoms with Gasteiger partial charge in [-0.15, -0.1) is 0 Å². The fourth-order valence-corrected chi connectivity index (χ4v) is 1.85. The van der Waals surface area contributed by atoms with E-state index in [0.717, 1.165) is 11.1 Å². The number of carbonyl (C=O) groups is 1. The van der Waals surface area contributed by atoms with Crippen molar-refractivity contribution >= 4 is 17.3 Å². The van der Waals surface area contributed by atoms with Crippen LogP contribution in [0.1, 0.15) is 11.1 Å². The Morgan fingerprint density at radius 1 is 1.15 bits per heavy atom. The highest BCUT2D eigenvalue weighted by atomic mass is 16.6. The Kier molecular flexibility index (Phi) is 4.10. The zero-order chi connectivity index (χ0) is 14.5. The summed E-state index contributed by atoms with van der Waals surface area (Å²) in [6, 6.07) is 13.4. The van der Waals surface area contributed by atoms with Crippen LogP contribution in [0.5, 0.6) is 0 Å². The van der Waals surface area contributed by atoms with Gasteiger partial charge in [-0.1, -0.05) is 24.3 Å². The zero-order valence-electron chi connectivity index (χ0n) is 11.0. The minimum absolute atomic E-state index is 0.00176. The molecular weight excluding hydrogens is 256 g/mol. The zero-order valence-corrected chi connectivity index (χ0v) is 11.0. The van der Waals surface area contributed by atoms with Gasteiger partial charge in [0.05, 0.1) is 11.3 Å². The Hall–Kier alpha value is -2.69. The smallest absolute Gasteiger partial charge is 0.269 e. The number of aryl methyl sites for hydroxylation is 1. The van der Waals surface area contributed by atoms with E-state index in [0.29, 0.717) is 5.69 Å². The van der Waals surface area contributed by atoms with E-state index in [9.17, 15) is 14.9 Å². The molecule has 1 amide bonds. The number of rotatable bonds is 4. The number of carbonyl (C=O) groups excluding carboxylic acids is 1. The molecule has 0 heterocycles. The van der Waals surface area contributed by atoms with Gasteiger partial charge < -0.3 is 5.32 Å². The monoisotopic (exact) mass is 270 g/mol. The summed E-state index contributed by atoms with van der Waals surface area (Å²) in [5.41, 5.74) is 2.58. The van der Waals surface area contributed by atoms with Crippen LogP contribution in [-0.2, 0) is 11.2 Å². The van der Waals surface area contributed by atoms with Crippen molar-refractivity contribution in [2.45, 2.75) is 13.3 Å². The van der Waals surface area contributed by atoms with Crippen molar-refractivity contribution in [3.05, 3.63) is 69.8 Å². The highest BCUT2D eigenvalue weighted by molar-refractivity contribution is 5.92. The molecule has 5 heteroatoms. The van der Waals surface area contributed by atoms with Crippen LogP contribution < -0.4 is 5.32 Å². The summed E-state index contributed by atoms with van der Waals surface area (Å²) >= 11 is 0. The normalized spacial score (nSPS) is 10.1. The molecule has 0 saturated carbocycles. The number of hydrogen-bond acceptors (Lipinski definition) is 3. The van der Waals surface area contributed by atoms with Crippen LogP contribution in [0.4, 0.5) is 11.4 Å². The van der Waals surface area contributed by atoms with Gasteiger partial charge in [0.25, 0.3) is 5.69 Å². The summed E-state index contributed by atoms with van der Waals surface area (Å²) in [6.45, 7) is 1.95. The van der Waals surface area contributed by atoms with Crippen molar-refractivity contribution in [1.82, 2.24) is 0 Å². The van der Waals surface area contributed by atoms with E-state index in [-0.39, 0.29) is 18.0 Å². The predicted octanol–water partition coefficient (Wildman–Crippen LogP) is 3.08. The first-order valence-electron chi connectivity index (χ1n) is 6.15. The van der Waals surface area contributed by atoms with Crippen LogP contribution in [0, 0.1) is 17.0 Å². The van der Waals surface area contributed by atoms with Gasteiger partial charge in [-0.3, -0.25) is 14.9 Å². The number of nitro benzene ring substituents is 1. The molecule has 0 atom stereocenters. The van der Waals surface area contributed by atoms with E-state index in [2.05, 4.69) is 5.32 Å². The van der Waals surface area contributed by atoms with Crippen molar-refractivity contribution in [3.8, 4) is 0 Å². The van der Waals surface area contributed by atoms with Gasteiger partial charge in [0.15, 0.2) is 0 Å². The quantitative estimate of drug-likeness (QED) is 0.685. The standard InChI is InChI=1S/C15H14N2O3/c1-11-4-2-3-5-12(11)10-15(18)16-13-6-8-14(9-7-13)17(19)20/h2-9H,10H2,1H3,(H,16,18). The van der Waals surface area contributed by atoms with Crippen molar-refractivity contribution in [2.24, 2.45) is 0 Å². The molecule has 2 aromatic carbocycles. The summed E-state index contributed by atoms with van der Waals surface area (Å²) in [5, 5.41) is 13.3. The lowest BCUT2D eigenvalue weighted by atomic mass is 10.1. The van der Waals surface area contributed by atoms with E-state index in [4.69, 9.17) is 0 Å². The average molecular weight is 270 g/mol. The highest BCUT2D eigenvalue weighted by Gasteiger charge is 2.08. The summed E-state index contributed by atoms with van der Waals surface area (Å²) in [7, 11) is 0. The van der Waals surface area contributed by atoms with Crippen molar-refractivity contribution in [2.75, 3.05) is 5.32 Å². The minimum atomic E-state index is -0.473. The molecule has 0 aliphatic rings. The summed E-state index contributed by atoms with van der Waals surface area (Å²) in [4.78, 5) is 22.0. The predicted molar refractivity (Wildman–Crippen MR) is 76.6 cm³/mol. The van der Waals surface area contributed by atoms with E-state index < -0.39 is 4.92 Å². The second-order valence-corrected chi connectivity index (χ2v) is 4.46. The van der Waals surface area contributed by atoms with Gasteiger partial charge in [0.2, 0.25) is 5.91 Å². The molecule has 0 aromatic heterocycles. The van der Waals surface area contributed by atoms with Crippen LogP contribution in [-0.4, -0.2) is 10.8 Å². The highest BCUT2D eigenvalue weighted by Crippen LogP contribution is 2.16. The number of anilines is 1. The fourth-order valence-electron chi connectivity index (χ4n) is 1.85. The molecule has 0 saturated heterocycles. The van der Waals surface area contributed by atoms with Gasteiger partial charge in [0, 0.05) is 17.8 Å². The first kappa shape index (κ1) is 13.7. The van der Waals surface area contributed by atoms with Crippen molar-refractivity contribution in [3.63, 3.8) is 0 Å². The molecule has 1 N–H and O–H groups in total. The SMILES string of the molecule is Cc1ccccc1CC(=O)Nc1ccc([N+](=O)[O-])cc1. The van der Waals surface area contributed by atoms with Gasteiger partial charge in [-0.25, -0.2) is 0 Å². The second-order valence-electron chi connectivity index (χ2n) is 4.46. The molecule has 2 rings (SSSR count). The first-order valence-corrected chi connectivity index (χ1v) is 6.15. The van der Waals surface area contributed by atoms with Gasteiger partial charge in [-0.2, -0.15) is 0 Å². The lowest BCUT2D eigenvalue weighted by Gasteiger charge is -2.07. The molecule has 0 bridgehead atoms. The Morgan fingerprint density at radius 2 is 1.80 bits per heavy atom. The van der Waals surface area contributed by atoms with Crippen molar-refractivity contribution < 1.29 is 9.72 Å². The number of amides is 1. The molecule has 0 unspecified atom stereocenters. The molecule has 0 spiro atoms.